The van der Waals surface area contributed by atoms with Gasteiger partial charge in [0.2, 0.25) is 0 Å². The molecule has 0 amide bonds. The number of thioether (sulfide) groups is 1. The lowest BCUT2D eigenvalue weighted by Gasteiger charge is -2.09. The third-order valence-electron chi connectivity index (χ3n) is 2.19. The standard InChI is InChI=1S/C12H16N2S/c1-10(6-7-13)15-9-12-4-2-11(8-14)3-5-12/h2-5,10H,6-7,9,13H2,1H3. The maximum atomic E-state index is 8.65. The molecule has 0 aliphatic carbocycles. The molecule has 2 nitrogen and oxygen atoms in total. The van der Waals surface area contributed by atoms with Gasteiger partial charge in [0.15, 0.2) is 0 Å². The number of rotatable bonds is 5. The lowest BCUT2D eigenvalue weighted by atomic mass is 10.2. The summed E-state index contributed by atoms with van der Waals surface area (Å²) in [6.07, 6.45) is 1.06. The second-order valence-corrected chi connectivity index (χ2v) is 4.93. The fourth-order valence-electron chi connectivity index (χ4n) is 1.23. The molecule has 2 N–H and O–H groups in total. The Balaban J connectivity index is 2.41. The zero-order chi connectivity index (χ0) is 11.1. The minimum absolute atomic E-state index is 0.602. The summed E-state index contributed by atoms with van der Waals surface area (Å²) in [5.41, 5.74) is 7.47. The van der Waals surface area contributed by atoms with Crippen molar-refractivity contribution in [2.45, 2.75) is 24.3 Å². The van der Waals surface area contributed by atoms with Gasteiger partial charge in [-0.05, 0) is 30.7 Å². The zero-order valence-corrected chi connectivity index (χ0v) is 9.76. The molecule has 0 aromatic heterocycles. The van der Waals surface area contributed by atoms with Crippen LogP contribution in [0.25, 0.3) is 0 Å². The van der Waals surface area contributed by atoms with E-state index in [1.54, 1.807) is 0 Å². The molecule has 0 spiro atoms. The van der Waals surface area contributed by atoms with Crippen LogP contribution >= 0.6 is 11.8 Å². The van der Waals surface area contributed by atoms with Crippen molar-refractivity contribution in [2.24, 2.45) is 5.73 Å². The van der Waals surface area contributed by atoms with Crippen molar-refractivity contribution < 1.29 is 0 Å². The summed E-state index contributed by atoms with van der Waals surface area (Å²) in [5, 5.41) is 9.25. The summed E-state index contributed by atoms with van der Waals surface area (Å²) in [6.45, 7) is 2.95. The zero-order valence-electron chi connectivity index (χ0n) is 8.94. The van der Waals surface area contributed by atoms with Gasteiger partial charge >= 0.3 is 0 Å². The molecule has 1 aromatic rings. The van der Waals surface area contributed by atoms with E-state index in [9.17, 15) is 0 Å². The van der Waals surface area contributed by atoms with Crippen molar-refractivity contribution in [3.05, 3.63) is 35.4 Å². The Hall–Kier alpha value is -0.980. The van der Waals surface area contributed by atoms with Gasteiger partial charge in [0.1, 0.15) is 0 Å². The number of nitrogens with two attached hydrogens (primary N) is 1. The van der Waals surface area contributed by atoms with E-state index >= 15 is 0 Å². The molecular formula is C12H16N2S. The van der Waals surface area contributed by atoms with Crippen molar-refractivity contribution in [2.75, 3.05) is 6.54 Å². The van der Waals surface area contributed by atoms with Crippen LogP contribution in [0.3, 0.4) is 0 Å². The van der Waals surface area contributed by atoms with Gasteiger partial charge in [0, 0.05) is 11.0 Å². The maximum absolute atomic E-state index is 8.65. The highest BCUT2D eigenvalue weighted by molar-refractivity contribution is 7.99. The Kier molecular flexibility index (Phi) is 5.23. The molecule has 1 atom stereocenters. The minimum Gasteiger partial charge on any atom is -0.330 e. The molecule has 15 heavy (non-hydrogen) atoms. The normalized spacial score (nSPS) is 12.1. The molecule has 3 heteroatoms. The van der Waals surface area contributed by atoms with Crippen LogP contribution < -0.4 is 5.73 Å². The Morgan fingerprint density at radius 1 is 1.40 bits per heavy atom. The van der Waals surface area contributed by atoms with Crippen LogP contribution in [0.1, 0.15) is 24.5 Å². The molecule has 0 heterocycles. The van der Waals surface area contributed by atoms with Crippen LogP contribution in [0, 0.1) is 11.3 Å². The molecule has 0 saturated heterocycles. The average molecular weight is 220 g/mol. The summed E-state index contributed by atoms with van der Waals surface area (Å²) in [7, 11) is 0. The maximum Gasteiger partial charge on any atom is 0.0991 e. The third kappa shape index (κ3) is 4.37. The van der Waals surface area contributed by atoms with Gasteiger partial charge in [-0.1, -0.05) is 19.1 Å². The second-order valence-electron chi connectivity index (χ2n) is 3.51. The Bertz CT molecular complexity index is 326. The first-order valence-electron chi connectivity index (χ1n) is 5.07. The van der Waals surface area contributed by atoms with Crippen LogP contribution in [0.5, 0.6) is 0 Å². The first-order chi connectivity index (χ1) is 7.26. The van der Waals surface area contributed by atoms with E-state index < -0.39 is 0 Å². The van der Waals surface area contributed by atoms with Crippen molar-refractivity contribution in [3.63, 3.8) is 0 Å². The van der Waals surface area contributed by atoms with Crippen LogP contribution in [-0.2, 0) is 5.75 Å². The van der Waals surface area contributed by atoms with E-state index in [1.807, 2.05) is 36.0 Å². The van der Waals surface area contributed by atoms with Gasteiger partial charge in [-0.25, -0.2) is 0 Å². The predicted molar refractivity (Wildman–Crippen MR) is 65.6 cm³/mol. The largest absolute Gasteiger partial charge is 0.330 e. The van der Waals surface area contributed by atoms with E-state index in [0.717, 1.165) is 24.3 Å². The van der Waals surface area contributed by atoms with Gasteiger partial charge < -0.3 is 5.73 Å². The molecule has 1 rings (SSSR count). The Morgan fingerprint density at radius 3 is 2.60 bits per heavy atom. The van der Waals surface area contributed by atoms with Crippen molar-refractivity contribution in [1.29, 1.82) is 5.26 Å². The van der Waals surface area contributed by atoms with Gasteiger partial charge in [-0.2, -0.15) is 17.0 Å². The summed E-state index contributed by atoms with van der Waals surface area (Å²) >= 11 is 1.90. The number of hydrogen-bond acceptors (Lipinski definition) is 3. The first kappa shape index (κ1) is 12.1. The summed E-state index contributed by atoms with van der Waals surface area (Å²) in [5.74, 6) is 0.993. The fraction of sp³-hybridized carbons (Fsp3) is 0.417. The number of benzene rings is 1. The third-order valence-corrected chi connectivity index (χ3v) is 3.50. The second kappa shape index (κ2) is 6.49. The highest BCUT2D eigenvalue weighted by atomic mass is 32.2. The van der Waals surface area contributed by atoms with Crippen molar-refractivity contribution >= 4 is 11.8 Å². The van der Waals surface area contributed by atoms with Crippen molar-refractivity contribution in [1.82, 2.24) is 0 Å². The fourth-order valence-corrected chi connectivity index (χ4v) is 2.20. The molecular weight excluding hydrogens is 204 g/mol. The molecule has 0 radical (unpaired) electrons. The SMILES string of the molecule is CC(CCN)SCc1ccc(C#N)cc1. The molecule has 0 fully saturated rings. The topological polar surface area (TPSA) is 49.8 Å². The van der Waals surface area contributed by atoms with Crippen LogP contribution in [0.2, 0.25) is 0 Å². The van der Waals surface area contributed by atoms with Crippen LogP contribution in [0.15, 0.2) is 24.3 Å². The summed E-state index contributed by atoms with van der Waals surface area (Å²) in [4.78, 5) is 0. The molecule has 1 aromatic carbocycles. The average Bonchev–Trinajstić information content (AvgIpc) is 2.27. The minimum atomic E-state index is 0.602. The first-order valence-corrected chi connectivity index (χ1v) is 6.12. The highest BCUT2D eigenvalue weighted by Gasteiger charge is 2.01. The van der Waals surface area contributed by atoms with Crippen molar-refractivity contribution in [3.8, 4) is 6.07 Å². The lowest BCUT2D eigenvalue weighted by molar-refractivity contribution is 0.823. The van der Waals surface area contributed by atoms with Gasteiger partial charge in [0.25, 0.3) is 0 Å². The van der Waals surface area contributed by atoms with E-state index in [2.05, 4.69) is 13.0 Å². The van der Waals surface area contributed by atoms with Gasteiger partial charge in [-0.15, -0.1) is 0 Å². The molecule has 0 saturated carbocycles. The molecule has 0 aliphatic rings. The predicted octanol–water partition coefficient (Wildman–Crippen LogP) is 2.53. The molecule has 80 valence electrons. The summed E-state index contributed by atoms with van der Waals surface area (Å²) < 4.78 is 0. The van der Waals surface area contributed by atoms with Gasteiger partial charge in [-0.3, -0.25) is 0 Å². The van der Waals surface area contributed by atoms with Crippen LogP contribution in [0.4, 0.5) is 0 Å². The lowest BCUT2D eigenvalue weighted by Crippen LogP contribution is -2.07. The highest BCUT2D eigenvalue weighted by Crippen LogP contribution is 2.19. The van der Waals surface area contributed by atoms with E-state index in [0.29, 0.717) is 5.25 Å². The number of nitriles is 1. The van der Waals surface area contributed by atoms with E-state index in [4.69, 9.17) is 11.0 Å². The molecule has 0 bridgehead atoms. The molecule has 0 aliphatic heterocycles. The van der Waals surface area contributed by atoms with Gasteiger partial charge in [0.05, 0.1) is 11.6 Å². The molecule has 1 unspecified atom stereocenters. The number of hydrogen-bond donors (Lipinski definition) is 1. The monoisotopic (exact) mass is 220 g/mol. The Morgan fingerprint density at radius 2 is 2.07 bits per heavy atom. The van der Waals surface area contributed by atoms with E-state index in [-0.39, 0.29) is 0 Å². The van der Waals surface area contributed by atoms with E-state index in [1.165, 1.54) is 5.56 Å². The summed E-state index contributed by atoms with van der Waals surface area (Å²) in [6, 6.07) is 9.87. The van der Waals surface area contributed by atoms with Crippen LogP contribution in [-0.4, -0.2) is 11.8 Å². The Labute approximate surface area is 95.5 Å². The quantitative estimate of drug-likeness (QED) is 0.829. The number of nitrogens with zero attached hydrogens (tertiary/aromatic N) is 1. The smallest absolute Gasteiger partial charge is 0.0991 e.